The van der Waals surface area contributed by atoms with E-state index in [1.165, 1.54) is 12.1 Å². The molecule has 2 atom stereocenters. The first kappa shape index (κ1) is 14.2. The van der Waals surface area contributed by atoms with Crippen molar-refractivity contribution in [1.82, 2.24) is 4.90 Å². The van der Waals surface area contributed by atoms with E-state index >= 15 is 0 Å². The highest BCUT2D eigenvalue weighted by atomic mass is 79.9. The maximum absolute atomic E-state index is 13.2. The molecular formula is C14H15BrFNO2. The smallest absolute Gasteiger partial charge is 0.246 e. The average molecular weight is 328 g/mol. The molecule has 1 aromatic carbocycles. The quantitative estimate of drug-likeness (QED) is 0.844. The van der Waals surface area contributed by atoms with Crippen molar-refractivity contribution in [2.24, 2.45) is 5.92 Å². The van der Waals surface area contributed by atoms with Crippen molar-refractivity contribution in [3.63, 3.8) is 0 Å². The van der Waals surface area contributed by atoms with Gasteiger partial charge in [-0.05, 0) is 46.1 Å². The van der Waals surface area contributed by atoms with E-state index in [1.54, 1.807) is 17.0 Å². The lowest BCUT2D eigenvalue weighted by Crippen LogP contribution is -2.32. The van der Waals surface area contributed by atoms with Gasteiger partial charge in [0.25, 0.3) is 0 Å². The fourth-order valence-electron chi connectivity index (χ4n) is 2.12. The Morgan fingerprint density at radius 1 is 1.63 bits per heavy atom. The molecule has 1 aromatic rings. The number of carbonyl (C=O) groups is 1. The van der Waals surface area contributed by atoms with Crippen LogP contribution in [-0.4, -0.2) is 28.6 Å². The predicted octanol–water partition coefficient (Wildman–Crippen LogP) is 2.48. The number of hydrogen-bond donors (Lipinski definition) is 1. The Morgan fingerprint density at radius 2 is 2.37 bits per heavy atom. The van der Waals surface area contributed by atoms with Gasteiger partial charge >= 0.3 is 0 Å². The minimum absolute atomic E-state index is 0.0549. The summed E-state index contributed by atoms with van der Waals surface area (Å²) in [7, 11) is 0. The lowest BCUT2D eigenvalue weighted by atomic mass is 10.2. The predicted molar refractivity (Wildman–Crippen MR) is 73.8 cm³/mol. The zero-order chi connectivity index (χ0) is 14.0. The molecule has 1 aliphatic rings. The van der Waals surface area contributed by atoms with Crippen LogP contribution < -0.4 is 0 Å². The van der Waals surface area contributed by atoms with Crippen LogP contribution in [0.15, 0.2) is 35.3 Å². The summed E-state index contributed by atoms with van der Waals surface area (Å²) in [6.45, 7) is 3.97. The summed E-state index contributed by atoms with van der Waals surface area (Å²) in [6, 6.07) is 4.74. The molecule has 0 spiro atoms. The van der Waals surface area contributed by atoms with Crippen LogP contribution in [0.4, 0.5) is 4.39 Å². The first-order chi connectivity index (χ1) is 9.06. The number of halogens is 2. The van der Waals surface area contributed by atoms with Crippen molar-refractivity contribution in [3.05, 3.63) is 46.7 Å². The van der Waals surface area contributed by atoms with Crippen LogP contribution >= 0.6 is 15.9 Å². The molecule has 1 aliphatic carbocycles. The summed E-state index contributed by atoms with van der Waals surface area (Å²) in [5.41, 5.74) is 0.840. The van der Waals surface area contributed by atoms with Crippen molar-refractivity contribution in [3.8, 4) is 0 Å². The Balaban J connectivity index is 2.13. The topological polar surface area (TPSA) is 40.5 Å². The van der Waals surface area contributed by atoms with E-state index in [2.05, 4.69) is 22.5 Å². The number of aliphatic hydroxyl groups excluding tert-OH is 1. The van der Waals surface area contributed by atoms with Gasteiger partial charge in [0.1, 0.15) is 5.82 Å². The minimum Gasteiger partial charge on any atom is -0.396 e. The summed E-state index contributed by atoms with van der Waals surface area (Å²) >= 11 is 3.13. The lowest BCUT2D eigenvalue weighted by molar-refractivity contribution is -0.127. The average Bonchev–Trinajstić information content (AvgIpc) is 3.18. The van der Waals surface area contributed by atoms with Crippen LogP contribution in [0, 0.1) is 11.7 Å². The molecule has 0 bridgehead atoms. The highest BCUT2D eigenvalue weighted by Crippen LogP contribution is 2.36. The summed E-state index contributed by atoms with van der Waals surface area (Å²) < 4.78 is 13.6. The zero-order valence-corrected chi connectivity index (χ0v) is 11.9. The molecule has 1 amide bonds. The third-order valence-electron chi connectivity index (χ3n) is 3.31. The molecule has 0 saturated heterocycles. The summed E-state index contributed by atoms with van der Waals surface area (Å²) in [6.07, 6.45) is 2.07. The number of aliphatic hydroxyl groups is 1. The standard InChI is InChI=1S/C14H15BrFNO2/c1-2-14(19)17(13-6-10(13)8-18)7-9-3-4-12(16)11(15)5-9/h2-5,10,13,18H,1,6-8H2/t10-,13+/m0/s1. The lowest BCUT2D eigenvalue weighted by Gasteiger charge is -2.22. The minimum atomic E-state index is -0.329. The van der Waals surface area contributed by atoms with Gasteiger partial charge in [0.05, 0.1) is 4.47 Å². The second-order valence-corrected chi connectivity index (χ2v) is 5.52. The molecule has 5 heteroatoms. The third-order valence-corrected chi connectivity index (χ3v) is 3.92. The summed E-state index contributed by atoms with van der Waals surface area (Å²) in [5.74, 6) is -0.348. The van der Waals surface area contributed by atoms with Crippen LogP contribution in [0.25, 0.3) is 0 Å². The molecule has 0 radical (unpaired) electrons. The molecule has 0 heterocycles. The molecule has 1 fully saturated rings. The fourth-order valence-corrected chi connectivity index (χ4v) is 2.55. The number of carbonyl (C=O) groups excluding carboxylic acids is 1. The van der Waals surface area contributed by atoms with Crippen molar-refractivity contribution in [2.45, 2.75) is 19.0 Å². The number of amides is 1. The van der Waals surface area contributed by atoms with Crippen molar-refractivity contribution in [2.75, 3.05) is 6.61 Å². The van der Waals surface area contributed by atoms with Gasteiger partial charge in [0, 0.05) is 25.1 Å². The normalized spacial score (nSPS) is 21.0. The van der Waals surface area contributed by atoms with Gasteiger partial charge in [-0.25, -0.2) is 4.39 Å². The Kier molecular flexibility index (Phi) is 4.37. The number of nitrogens with zero attached hydrogens (tertiary/aromatic N) is 1. The summed E-state index contributed by atoms with van der Waals surface area (Å²) in [5, 5.41) is 9.11. The fraction of sp³-hybridized carbons (Fsp3) is 0.357. The zero-order valence-electron chi connectivity index (χ0n) is 10.4. The largest absolute Gasteiger partial charge is 0.396 e. The van der Waals surface area contributed by atoms with E-state index in [0.29, 0.717) is 11.0 Å². The van der Waals surface area contributed by atoms with E-state index in [1.807, 2.05) is 0 Å². The van der Waals surface area contributed by atoms with Gasteiger partial charge in [-0.1, -0.05) is 12.6 Å². The maximum atomic E-state index is 13.2. The Labute approximate surface area is 119 Å². The second kappa shape index (κ2) is 5.84. The molecule has 0 aliphatic heterocycles. The van der Waals surface area contributed by atoms with Gasteiger partial charge in [0.15, 0.2) is 0 Å². The molecule has 1 N–H and O–H groups in total. The van der Waals surface area contributed by atoms with E-state index in [4.69, 9.17) is 5.11 Å². The van der Waals surface area contributed by atoms with Crippen molar-refractivity contribution >= 4 is 21.8 Å². The monoisotopic (exact) mass is 327 g/mol. The van der Waals surface area contributed by atoms with Crippen LogP contribution in [0.1, 0.15) is 12.0 Å². The highest BCUT2D eigenvalue weighted by molar-refractivity contribution is 9.10. The summed E-state index contributed by atoms with van der Waals surface area (Å²) in [4.78, 5) is 13.5. The highest BCUT2D eigenvalue weighted by Gasteiger charge is 2.42. The molecule has 0 aromatic heterocycles. The third kappa shape index (κ3) is 3.22. The molecule has 19 heavy (non-hydrogen) atoms. The molecule has 102 valence electrons. The Morgan fingerprint density at radius 3 is 2.89 bits per heavy atom. The van der Waals surface area contributed by atoms with E-state index in [0.717, 1.165) is 12.0 Å². The van der Waals surface area contributed by atoms with Crippen LogP contribution in [0.5, 0.6) is 0 Å². The van der Waals surface area contributed by atoms with Gasteiger partial charge in [-0.3, -0.25) is 4.79 Å². The van der Waals surface area contributed by atoms with E-state index < -0.39 is 0 Å². The van der Waals surface area contributed by atoms with Crippen LogP contribution in [-0.2, 0) is 11.3 Å². The molecular weight excluding hydrogens is 313 g/mol. The Hall–Kier alpha value is -1.20. The van der Waals surface area contributed by atoms with Crippen LogP contribution in [0.3, 0.4) is 0 Å². The van der Waals surface area contributed by atoms with E-state index in [-0.39, 0.29) is 30.3 Å². The first-order valence-corrected chi connectivity index (χ1v) is 6.84. The maximum Gasteiger partial charge on any atom is 0.246 e. The molecule has 2 rings (SSSR count). The molecule has 3 nitrogen and oxygen atoms in total. The van der Waals surface area contributed by atoms with Crippen LogP contribution in [0.2, 0.25) is 0 Å². The molecule has 1 saturated carbocycles. The number of rotatable bonds is 5. The number of benzene rings is 1. The van der Waals surface area contributed by atoms with Gasteiger partial charge in [-0.2, -0.15) is 0 Å². The van der Waals surface area contributed by atoms with Crippen molar-refractivity contribution in [1.29, 1.82) is 0 Å². The SMILES string of the molecule is C=CC(=O)N(Cc1ccc(F)c(Br)c1)[C@@H]1C[C@H]1CO. The van der Waals surface area contributed by atoms with Gasteiger partial charge in [-0.15, -0.1) is 0 Å². The Bertz CT molecular complexity index is 506. The molecule has 0 unspecified atom stereocenters. The first-order valence-electron chi connectivity index (χ1n) is 6.04. The number of hydrogen-bond acceptors (Lipinski definition) is 2. The van der Waals surface area contributed by atoms with Gasteiger partial charge in [0.2, 0.25) is 5.91 Å². The second-order valence-electron chi connectivity index (χ2n) is 4.66. The van der Waals surface area contributed by atoms with E-state index in [9.17, 15) is 9.18 Å². The van der Waals surface area contributed by atoms with Gasteiger partial charge < -0.3 is 10.0 Å². The van der Waals surface area contributed by atoms with Crippen molar-refractivity contribution < 1.29 is 14.3 Å².